The lowest BCUT2D eigenvalue weighted by molar-refractivity contribution is -0.135. The lowest BCUT2D eigenvalue weighted by atomic mass is 10.2. The Bertz CT molecular complexity index is 472. The molecule has 108 valence electrons. The average Bonchev–Trinajstić information content (AvgIpc) is 2.92. The molecule has 1 aromatic heterocycles. The lowest BCUT2D eigenvalue weighted by Gasteiger charge is -2.27. The van der Waals surface area contributed by atoms with Crippen LogP contribution < -0.4 is 5.32 Å². The summed E-state index contributed by atoms with van der Waals surface area (Å²) < 4.78 is 5.26. The normalized spacial score (nSPS) is 21.8. The number of morpholine rings is 1. The molecule has 3 rings (SSSR count). The molecular formula is C15H21N3O2. The Hall–Kier alpha value is -1.46. The Morgan fingerprint density at radius 3 is 3.15 bits per heavy atom. The fourth-order valence-electron chi connectivity index (χ4n) is 2.94. The van der Waals surface area contributed by atoms with Crippen molar-refractivity contribution in [2.45, 2.75) is 25.3 Å². The van der Waals surface area contributed by atoms with Crippen LogP contribution in [0.3, 0.4) is 0 Å². The van der Waals surface area contributed by atoms with E-state index in [0.29, 0.717) is 25.7 Å². The van der Waals surface area contributed by atoms with Crippen molar-refractivity contribution in [1.29, 1.82) is 0 Å². The van der Waals surface area contributed by atoms with Gasteiger partial charge in [-0.2, -0.15) is 0 Å². The zero-order chi connectivity index (χ0) is 13.8. The number of hydrogen-bond acceptors (Lipinski definition) is 4. The van der Waals surface area contributed by atoms with Crippen LogP contribution in [0.1, 0.15) is 30.1 Å². The van der Waals surface area contributed by atoms with Gasteiger partial charge in [0.15, 0.2) is 0 Å². The quantitative estimate of drug-likeness (QED) is 0.887. The topological polar surface area (TPSA) is 54.5 Å². The van der Waals surface area contributed by atoms with Crippen LogP contribution in [0.2, 0.25) is 0 Å². The third-order valence-corrected chi connectivity index (χ3v) is 4.05. The van der Waals surface area contributed by atoms with Crippen LogP contribution in [0.25, 0.3) is 0 Å². The number of aryl methyl sites for hydroxylation is 1. The summed E-state index contributed by atoms with van der Waals surface area (Å²) >= 11 is 0. The van der Waals surface area contributed by atoms with Crippen LogP contribution in [0, 0.1) is 0 Å². The van der Waals surface area contributed by atoms with Crippen LogP contribution in [0.5, 0.6) is 0 Å². The van der Waals surface area contributed by atoms with Gasteiger partial charge in [-0.25, -0.2) is 0 Å². The molecule has 0 spiro atoms. The van der Waals surface area contributed by atoms with E-state index in [1.807, 2.05) is 17.2 Å². The first kappa shape index (κ1) is 13.5. The highest BCUT2D eigenvalue weighted by atomic mass is 16.5. The minimum absolute atomic E-state index is 0.222. The second-order valence-corrected chi connectivity index (χ2v) is 5.34. The standard InChI is InChI=1S/C15H21N3O2/c19-14(18-8-10-20-11-9-18)5-7-16-13-4-3-12-2-1-6-17-15(12)13/h1-2,6,13,16H,3-5,7-11H2. The molecule has 2 heterocycles. The van der Waals surface area contributed by atoms with E-state index in [2.05, 4.69) is 16.4 Å². The molecule has 5 nitrogen and oxygen atoms in total. The molecule has 2 aliphatic rings. The maximum atomic E-state index is 12.0. The number of nitrogens with one attached hydrogen (secondary N) is 1. The summed E-state index contributed by atoms with van der Waals surface area (Å²) in [4.78, 5) is 18.4. The van der Waals surface area contributed by atoms with E-state index in [-0.39, 0.29) is 5.91 Å². The number of pyridine rings is 1. The first-order valence-corrected chi connectivity index (χ1v) is 7.37. The summed E-state index contributed by atoms with van der Waals surface area (Å²) in [7, 11) is 0. The van der Waals surface area contributed by atoms with Gasteiger partial charge in [0.25, 0.3) is 0 Å². The lowest BCUT2D eigenvalue weighted by Crippen LogP contribution is -2.41. The molecule has 1 amide bonds. The summed E-state index contributed by atoms with van der Waals surface area (Å²) in [5.41, 5.74) is 2.50. The Morgan fingerprint density at radius 1 is 1.45 bits per heavy atom. The summed E-state index contributed by atoms with van der Waals surface area (Å²) in [6.45, 7) is 3.51. The van der Waals surface area contributed by atoms with Crippen molar-refractivity contribution >= 4 is 5.91 Å². The van der Waals surface area contributed by atoms with E-state index in [9.17, 15) is 4.79 Å². The first-order valence-electron chi connectivity index (χ1n) is 7.37. The number of carbonyl (C=O) groups excluding carboxylic acids is 1. The van der Waals surface area contributed by atoms with Crippen LogP contribution >= 0.6 is 0 Å². The third kappa shape index (κ3) is 2.99. The van der Waals surface area contributed by atoms with Crippen LogP contribution in [0.4, 0.5) is 0 Å². The van der Waals surface area contributed by atoms with Gasteiger partial charge in [0.05, 0.1) is 24.9 Å². The summed E-state index contributed by atoms with van der Waals surface area (Å²) in [6.07, 6.45) is 4.56. The minimum Gasteiger partial charge on any atom is -0.378 e. The van der Waals surface area contributed by atoms with Crippen molar-refractivity contribution in [3.8, 4) is 0 Å². The Labute approximate surface area is 119 Å². The van der Waals surface area contributed by atoms with Gasteiger partial charge < -0.3 is 15.0 Å². The van der Waals surface area contributed by atoms with Crippen LogP contribution in [-0.2, 0) is 16.0 Å². The highest BCUT2D eigenvalue weighted by molar-refractivity contribution is 5.76. The molecule has 0 aromatic carbocycles. The van der Waals surface area contributed by atoms with Gasteiger partial charge in [0.1, 0.15) is 0 Å². The number of ether oxygens (including phenoxy) is 1. The largest absolute Gasteiger partial charge is 0.378 e. The molecule has 1 aliphatic heterocycles. The number of nitrogens with zero attached hydrogens (tertiary/aromatic N) is 2. The average molecular weight is 275 g/mol. The second kappa shape index (κ2) is 6.33. The van der Waals surface area contributed by atoms with Gasteiger partial charge in [-0.05, 0) is 24.5 Å². The molecule has 1 aromatic rings. The molecule has 1 unspecified atom stereocenters. The van der Waals surface area contributed by atoms with Crippen molar-refractivity contribution in [3.63, 3.8) is 0 Å². The van der Waals surface area contributed by atoms with Crippen LogP contribution in [0.15, 0.2) is 18.3 Å². The number of fused-ring (bicyclic) bond motifs is 1. The molecule has 5 heteroatoms. The fourth-order valence-corrected chi connectivity index (χ4v) is 2.94. The first-order chi connectivity index (χ1) is 9.84. The molecule has 1 saturated heterocycles. The maximum Gasteiger partial charge on any atom is 0.224 e. The van der Waals surface area contributed by atoms with Gasteiger partial charge in [0, 0.05) is 32.3 Å². The van der Waals surface area contributed by atoms with Gasteiger partial charge in [-0.3, -0.25) is 9.78 Å². The SMILES string of the molecule is O=C(CCNC1CCc2cccnc21)N1CCOCC1. The van der Waals surface area contributed by atoms with Crippen LogP contribution in [-0.4, -0.2) is 48.6 Å². The van der Waals surface area contributed by atoms with Crippen molar-refractivity contribution in [2.75, 3.05) is 32.8 Å². The van der Waals surface area contributed by atoms with Crippen molar-refractivity contribution in [2.24, 2.45) is 0 Å². The van der Waals surface area contributed by atoms with Crippen molar-refractivity contribution in [3.05, 3.63) is 29.6 Å². The molecular weight excluding hydrogens is 254 g/mol. The molecule has 20 heavy (non-hydrogen) atoms. The maximum absolute atomic E-state index is 12.0. The summed E-state index contributed by atoms with van der Waals surface area (Å²) in [5, 5.41) is 3.47. The Balaban J connectivity index is 1.45. The summed E-state index contributed by atoms with van der Waals surface area (Å²) in [5.74, 6) is 0.222. The molecule has 1 fully saturated rings. The monoisotopic (exact) mass is 275 g/mol. The molecule has 0 bridgehead atoms. The second-order valence-electron chi connectivity index (χ2n) is 5.34. The molecule has 1 aliphatic carbocycles. The van der Waals surface area contributed by atoms with Gasteiger partial charge in [0.2, 0.25) is 5.91 Å². The van der Waals surface area contributed by atoms with Crippen molar-refractivity contribution < 1.29 is 9.53 Å². The van der Waals surface area contributed by atoms with E-state index >= 15 is 0 Å². The zero-order valence-electron chi connectivity index (χ0n) is 11.7. The van der Waals surface area contributed by atoms with Gasteiger partial charge >= 0.3 is 0 Å². The highest BCUT2D eigenvalue weighted by Crippen LogP contribution is 2.28. The smallest absolute Gasteiger partial charge is 0.224 e. The number of hydrogen-bond donors (Lipinski definition) is 1. The number of rotatable bonds is 4. The Kier molecular flexibility index (Phi) is 4.28. The predicted molar refractivity (Wildman–Crippen MR) is 75.3 cm³/mol. The fraction of sp³-hybridized carbons (Fsp3) is 0.600. The predicted octanol–water partition coefficient (Wildman–Crippen LogP) is 0.907. The third-order valence-electron chi connectivity index (χ3n) is 4.05. The van der Waals surface area contributed by atoms with E-state index in [4.69, 9.17) is 4.74 Å². The Morgan fingerprint density at radius 2 is 2.30 bits per heavy atom. The number of carbonyl (C=O) groups is 1. The highest BCUT2D eigenvalue weighted by Gasteiger charge is 2.23. The molecule has 0 saturated carbocycles. The number of amides is 1. The van der Waals surface area contributed by atoms with Gasteiger partial charge in [-0.1, -0.05) is 6.07 Å². The molecule has 0 radical (unpaired) electrons. The van der Waals surface area contributed by atoms with E-state index in [0.717, 1.165) is 38.2 Å². The van der Waals surface area contributed by atoms with E-state index in [1.165, 1.54) is 5.56 Å². The zero-order valence-corrected chi connectivity index (χ0v) is 11.7. The van der Waals surface area contributed by atoms with Crippen molar-refractivity contribution in [1.82, 2.24) is 15.2 Å². The molecule has 1 atom stereocenters. The minimum atomic E-state index is 0.222. The summed E-state index contributed by atoms with van der Waals surface area (Å²) in [6, 6.07) is 4.44. The van der Waals surface area contributed by atoms with E-state index < -0.39 is 0 Å². The van der Waals surface area contributed by atoms with E-state index in [1.54, 1.807) is 0 Å². The number of aromatic nitrogens is 1. The van der Waals surface area contributed by atoms with Gasteiger partial charge in [-0.15, -0.1) is 0 Å². The molecule has 1 N–H and O–H groups in total.